The highest BCUT2D eigenvalue weighted by Crippen LogP contribution is 2.29. The fraction of sp³-hybridized carbons (Fsp3) is 0.333. The van der Waals surface area contributed by atoms with Crippen molar-refractivity contribution in [1.29, 1.82) is 0 Å². The summed E-state index contributed by atoms with van der Waals surface area (Å²) in [7, 11) is 0. The number of hydrogen-bond donors (Lipinski definition) is 2. The standard InChI is InChI=1S/C18H20F3NO/c1-13(11-14-5-3-2-4-6-14)22-12-17(23)15-7-9-16(10-8-15)18(19,20)21/h2-10,13,17,22-23H,11-12H2,1H3/t13-,17+/m1/s1. The summed E-state index contributed by atoms with van der Waals surface area (Å²) in [6, 6.07) is 14.7. The molecule has 2 rings (SSSR count). The minimum atomic E-state index is -4.36. The Bertz CT molecular complexity index is 596. The second kappa shape index (κ2) is 7.62. The van der Waals surface area contributed by atoms with Gasteiger partial charge in [0.25, 0.3) is 0 Å². The van der Waals surface area contributed by atoms with Crippen LogP contribution in [-0.4, -0.2) is 17.7 Å². The number of alkyl halides is 3. The van der Waals surface area contributed by atoms with Crippen molar-refractivity contribution in [2.75, 3.05) is 6.54 Å². The van der Waals surface area contributed by atoms with Gasteiger partial charge in [-0.15, -0.1) is 0 Å². The van der Waals surface area contributed by atoms with Crippen LogP contribution in [0.25, 0.3) is 0 Å². The van der Waals surface area contributed by atoms with Gasteiger partial charge in [-0.05, 0) is 36.6 Å². The molecule has 0 spiro atoms. The molecule has 0 aliphatic carbocycles. The van der Waals surface area contributed by atoms with Gasteiger partial charge in [0.05, 0.1) is 11.7 Å². The number of nitrogens with one attached hydrogen (secondary N) is 1. The Morgan fingerprint density at radius 1 is 1.00 bits per heavy atom. The van der Waals surface area contributed by atoms with Crippen molar-refractivity contribution < 1.29 is 18.3 Å². The first kappa shape index (κ1) is 17.5. The normalized spacial score (nSPS) is 14.5. The second-order valence-electron chi connectivity index (χ2n) is 5.63. The summed E-state index contributed by atoms with van der Waals surface area (Å²) in [6.45, 7) is 2.30. The smallest absolute Gasteiger partial charge is 0.387 e. The van der Waals surface area contributed by atoms with Gasteiger partial charge in [0.15, 0.2) is 0 Å². The van der Waals surface area contributed by atoms with E-state index in [0.29, 0.717) is 12.1 Å². The lowest BCUT2D eigenvalue weighted by Crippen LogP contribution is -2.32. The molecule has 2 N–H and O–H groups in total. The first-order valence-corrected chi connectivity index (χ1v) is 7.49. The Balaban J connectivity index is 1.85. The summed E-state index contributed by atoms with van der Waals surface area (Å²) in [5.41, 5.74) is 0.952. The zero-order chi connectivity index (χ0) is 16.9. The predicted molar refractivity (Wildman–Crippen MR) is 84.0 cm³/mol. The molecule has 2 atom stereocenters. The van der Waals surface area contributed by atoms with Crippen LogP contribution in [0.2, 0.25) is 0 Å². The quantitative estimate of drug-likeness (QED) is 0.843. The van der Waals surface area contributed by atoms with Crippen LogP contribution in [0.3, 0.4) is 0 Å². The molecule has 0 saturated heterocycles. The van der Waals surface area contributed by atoms with Gasteiger partial charge in [-0.2, -0.15) is 13.2 Å². The molecule has 5 heteroatoms. The number of aliphatic hydroxyl groups excluding tert-OH is 1. The van der Waals surface area contributed by atoms with Crippen LogP contribution in [0.15, 0.2) is 54.6 Å². The van der Waals surface area contributed by atoms with E-state index in [0.717, 1.165) is 18.6 Å². The van der Waals surface area contributed by atoms with Gasteiger partial charge in [0.1, 0.15) is 0 Å². The average Bonchev–Trinajstić information content (AvgIpc) is 2.53. The highest BCUT2D eigenvalue weighted by atomic mass is 19.4. The fourth-order valence-corrected chi connectivity index (χ4v) is 2.36. The third kappa shape index (κ3) is 5.37. The fourth-order valence-electron chi connectivity index (χ4n) is 2.36. The Kier molecular flexibility index (Phi) is 5.80. The molecule has 0 fully saturated rings. The van der Waals surface area contributed by atoms with Crippen LogP contribution in [0.5, 0.6) is 0 Å². The van der Waals surface area contributed by atoms with E-state index in [1.807, 2.05) is 37.3 Å². The van der Waals surface area contributed by atoms with Crippen LogP contribution in [-0.2, 0) is 12.6 Å². The van der Waals surface area contributed by atoms with E-state index in [1.54, 1.807) is 0 Å². The van der Waals surface area contributed by atoms with Crippen molar-refractivity contribution in [1.82, 2.24) is 5.32 Å². The molecule has 124 valence electrons. The highest BCUT2D eigenvalue weighted by molar-refractivity contribution is 5.26. The Morgan fingerprint density at radius 2 is 1.61 bits per heavy atom. The molecule has 0 aromatic heterocycles. The molecule has 2 aromatic rings. The molecular formula is C18H20F3NO. The van der Waals surface area contributed by atoms with E-state index in [1.165, 1.54) is 17.7 Å². The van der Waals surface area contributed by atoms with Gasteiger partial charge in [-0.3, -0.25) is 0 Å². The third-order valence-electron chi connectivity index (χ3n) is 3.67. The minimum Gasteiger partial charge on any atom is -0.387 e. The molecule has 0 aliphatic rings. The second-order valence-corrected chi connectivity index (χ2v) is 5.63. The lowest BCUT2D eigenvalue weighted by Gasteiger charge is -2.18. The molecule has 2 aromatic carbocycles. The van der Waals surface area contributed by atoms with Crippen LogP contribution in [0, 0.1) is 0 Å². The van der Waals surface area contributed by atoms with E-state index >= 15 is 0 Å². The first-order chi connectivity index (χ1) is 10.9. The SMILES string of the molecule is C[C@H](Cc1ccccc1)NC[C@H](O)c1ccc(C(F)(F)F)cc1. The van der Waals surface area contributed by atoms with Crippen molar-refractivity contribution in [2.45, 2.75) is 31.7 Å². The Hall–Kier alpha value is -1.85. The molecule has 23 heavy (non-hydrogen) atoms. The third-order valence-corrected chi connectivity index (χ3v) is 3.67. The number of aliphatic hydroxyl groups is 1. The Labute approximate surface area is 134 Å². The van der Waals surface area contributed by atoms with Crippen molar-refractivity contribution >= 4 is 0 Å². The van der Waals surface area contributed by atoms with Crippen LogP contribution >= 0.6 is 0 Å². The van der Waals surface area contributed by atoms with Crippen LogP contribution in [0.4, 0.5) is 13.2 Å². The maximum Gasteiger partial charge on any atom is 0.416 e. The first-order valence-electron chi connectivity index (χ1n) is 7.49. The highest BCUT2D eigenvalue weighted by Gasteiger charge is 2.30. The zero-order valence-electron chi connectivity index (χ0n) is 12.8. The molecule has 2 nitrogen and oxygen atoms in total. The zero-order valence-corrected chi connectivity index (χ0v) is 12.8. The van der Waals surface area contributed by atoms with Gasteiger partial charge < -0.3 is 10.4 Å². The lowest BCUT2D eigenvalue weighted by molar-refractivity contribution is -0.137. The molecular weight excluding hydrogens is 303 g/mol. The molecule has 0 amide bonds. The van der Waals surface area contributed by atoms with Crippen molar-refractivity contribution in [3.8, 4) is 0 Å². The topological polar surface area (TPSA) is 32.3 Å². The van der Waals surface area contributed by atoms with E-state index in [-0.39, 0.29) is 6.04 Å². The van der Waals surface area contributed by atoms with Crippen molar-refractivity contribution in [3.63, 3.8) is 0 Å². The number of halogens is 3. The summed E-state index contributed by atoms with van der Waals surface area (Å²) < 4.78 is 37.5. The minimum absolute atomic E-state index is 0.154. The molecule has 0 saturated carbocycles. The molecule has 0 heterocycles. The summed E-state index contributed by atoms with van der Waals surface area (Å²) in [4.78, 5) is 0. The summed E-state index contributed by atoms with van der Waals surface area (Å²) in [5, 5.41) is 13.3. The monoisotopic (exact) mass is 323 g/mol. The summed E-state index contributed by atoms with van der Waals surface area (Å²) in [6.07, 6.45) is -4.37. The van der Waals surface area contributed by atoms with E-state index in [9.17, 15) is 18.3 Å². The van der Waals surface area contributed by atoms with E-state index in [4.69, 9.17) is 0 Å². The summed E-state index contributed by atoms with van der Waals surface area (Å²) >= 11 is 0. The van der Waals surface area contributed by atoms with Crippen LogP contribution in [0.1, 0.15) is 29.7 Å². The van der Waals surface area contributed by atoms with Gasteiger partial charge in [-0.1, -0.05) is 42.5 Å². The maximum absolute atomic E-state index is 12.5. The Morgan fingerprint density at radius 3 is 2.17 bits per heavy atom. The number of rotatable bonds is 6. The molecule has 0 bridgehead atoms. The average molecular weight is 323 g/mol. The number of benzene rings is 2. The number of hydrogen-bond acceptors (Lipinski definition) is 2. The molecule has 0 radical (unpaired) electrons. The van der Waals surface area contributed by atoms with E-state index < -0.39 is 17.8 Å². The van der Waals surface area contributed by atoms with Gasteiger partial charge in [0.2, 0.25) is 0 Å². The van der Waals surface area contributed by atoms with Crippen molar-refractivity contribution in [3.05, 3.63) is 71.3 Å². The van der Waals surface area contributed by atoms with Crippen LogP contribution < -0.4 is 5.32 Å². The van der Waals surface area contributed by atoms with Gasteiger partial charge in [-0.25, -0.2) is 0 Å². The van der Waals surface area contributed by atoms with Crippen molar-refractivity contribution in [2.24, 2.45) is 0 Å². The maximum atomic E-state index is 12.5. The van der Waals surface area contributed by atoms with Gasteiger partial charge >= 0.3 is 6.18 Å². The summed E-state index contributed by atoms with van der Waals surface area (Å²) in [5.74, 6) is 0. The largest absolute Gasteiger partial charge is 0.416 e. The molecule has 0 unspecified atom stereocenters. The predicted octanol–water partition coefficient (Wildman–Crippen LogP) is 3.96. The lowest BCUT2D eigenvalue weighted by atomic mass is 10.0. The van der Waals surface area contributed by atoms with Gasteiger partial charge in [0, 0.05) is 12.6 Å². The molecule has 0 aliphatic heterocycles. The van der Waals surface area contributed by atoms with E-state index in [2.05, 4.69) is 5.32 Å².